The first-order chi connectivity index (χ1) is 31.7. The van der Waals surface area contributed by atoms with Crippen LogP contribution in [0.2, 0.25) is 0 Å². The van der Waals surface area contributed by atoms with Crippen molar-refractivity contribution in [3.05, 3.63) is 25.1 Å². The second-order valence-electron chi connectivity index (χ2n) is 20.4. The highest BCUT2D eigenvalue weighted by molar-refractivity contribution is 5.78. The molecule has 0 atom stereocenters. The predicted octanol–water partition coefficient (Wildman–Crippen LogP) is 19.2. The van der Waals surface area contributed by atoms with Gasteiger partial charge in [-0.2, -0.15) is 0 Å². The number of carbonyl (C=O) groups excluding carboxylic acids is 2. The molecule has 0 fully saturated rings. The fourth-order valence-corrected chi connectivity index (χ4v) is 8.96. The van der Waals surface area contributed by atoms with Gasteiger partial charge in [-0.25, -0.2) is 0 Å². The van der Waals surface area contributed by atoms with Gasteiger partial charge in [-0.3, -0.25) is 9.59 Å². The van der Waals surface area contributed by atoms with Crippen molar-refractivity contribution in [3.8, 4) is 0 Å². The van der Waals surface area contributed by atoms with E-state index in [0.717, 1.165) is 58.0 Å². The Morgan fingerprint density at radius 2 is 0.785 bits per heavy atom. The molecule has 0 aliphatic heterocycles. The van der Waals surface area contributed by atoms with E-state index in [4.69, 9.17) is 4.74 Å². The number of carbonyl (C=O) groups is 2. The Morgan fingerprint density at radius 1 is 0.446 bits per heavy atom. The van der Waals surface area contributed by atoms with E-state index in [1.165, 1.54) is 212 Å². The van der Waals surface area contributed by atoms with Crippen molar-refractivity contribution in [2.75, 3.05) is 32.8 Å². The molecule has 0 aliphatic rings. The SMILES string of the molecule is C=CN(/C=C\C(C)C)CCCN(CCCCCCC)CCCCCCOC(=O)C(CCCCCCCC)CCCCCCCC.CCCCCCCCC(CCCCCCCC)C(C)=O. The van der Waals surface area contributed by atoms with Gasteiger partial charge in [0.2, 0.25) is 0 Å². The number of hydrogen-bond acceptors (Lipinski definition) is 5. The lowest BCUT2D eigenvalue weighted by Gasteiger charge is -2.24. The summed E-state index contributed by atoms with van der Waals surface area (Å²) in [6, 6.07) is 0. The van der Waals surface area contributed by atoms with Gasteiger partial charge in [0, 0.05) is 12.5 Å². The van der Waals surface area contributed by atoms with Crippen LogP contribution in [-0.4, -0.2) is 54.3 Å². The summed E-state index contributed by atoms with van der Waals surface area (Å²) in [7, 11) is 0. The Hall–Kier alpha value is -1.62. The van der Waals surface area contributed by atoms with Gasteiger partial charge in [0.1, 0.15) is 5.78 Å². The maximum absolute atomic E-state index is 13.0. The lowest BCUT2D eigenvalue weighted by atomic mass is 9.91. The van der Waals surface area contributed by atoms with Crippen molar-refractivity contribution in [3.63, 3.8) is 0 Å². The minimum absolute atomic E-state index is 0.0863. The number of ether oxygens (including phenoxy) is 1. The highest BCUT2D eigenvalue weighted by Crippen LogP contribution is 2.22. The van der Waals surface area contributed by atoms with Crippen molar-refractivity contribution in [1.29, 1.82) is 0 Å². The van der Waals surface area contributed by atoms with Gasteiger partial charge < -0.3 is 14.5 Å². The molecule has 0 bridgehead atoms. The third kappa shape index (κ3) is 48.6. The Labute approximate surface area is 409 Å². The van der Waals surface area contributed by atoms with Crippen molar-refractivity contribution in [2.24, 2.45) is 17.8 Å². The minimum atomic E-state index is 0.0863. The summed E-state index contributed by atoms with van der Waals surface area (Å²) in [5, 5.41) is 0. The summed E-state index contributed by atoms with van der Waals surface area (Å²) < 4.78 is 5.86. The van der Waals surface area contributed by atoms with E-state index in [1.807, 2.05) is 6.20 Å². The zero-order chi connectivity index (χ0) is 48.3. The summed E-state index contributed by atoms with van der Waals surface area (Å²) >= 11 is 0. The van der Waals surface area contributed by atoms with Crippen LogP contribution in [0, 0.1) is 17.8 Å². The molecule has 0 saturated heterocycles. The molecule has 5 heteroatoms. The van der Waals surface area contributed by atoms with E-state index in [9.17, 15) is 9.59 Å². The molecule has 386 valence electrons. The first-order valence-electron chi connectivity index (χ1n) is 29.2. The van der Waals surface area contributed by atoms with Crippen molar-refractivity contribution in [2.45, 2.75) is 299 Å². The van der Waals surface area contributed by atoms with Crippen LogP contribution in [0.15, 0.2) is 25.1 Å². The number of esters is 1. The number of unbranched alkanes of at least 4 members (excludes halogenated alkanes) is 27. The molecule has 65 heavy (non-hydrogen) atoms. The second-order valence-corrected chi connectivity index (χ2v) is 20.4. The number of hydrogen-bond donors (Lipinski definition) is 0. The van der Waals surface area contributed by atoms with E-state index in [0.29, 0.717) is 24.2 Å². The van der Waals surface area contributed by atoms with Crippen LogP contribution in [0.5, 0.6) is 0 Å². The molecule has 0 rings (SSSR count). The van der Waals surface area contributed by atoms with E-state index in [-0.39, 0.29) is 11.9 Å². The zero-order valence-electron chi connectivity index (χ0n) is 45.7. The maximum atomic E-state index is 13.0. The zero-order valence-corrected chi connectivity index (χ0v) is 45.7. The van der Waals surface area contributed by atoms with Gasteiger partial charge in [-0.1, -0.05) is 254 Å². The molecule has 0 aromatic heterocycles. The lowest BCUT2D eigenvalue weighted by Crippen LogP contribution is -2.29. The van der Waals surface area contributed by atoms with Crippen LogP contribution in [0.4, 0.5) is 0 Å². The average molecular weight is 916 g/mol. The molecule has 0 heterocycles. The average Bonchev–Trinajstić information content (AvgIpc) is 3.29. The third-order valence-electron chi connectivity index (χ3n) is 13.5. The largest absolute Gasteiger partial charge is 0.465 e. The van der Waals surface area contributed by atoms with E-state index >= 15 is 0 Å². The molecule has 0 N–H and O–H groups in total. The summed E-state index contributed by atoms with van der Waals surface area (Å²) in [5.41, 5.74) is 0. The number of rotatable bonds is 50. The molecular formula is C60H118N2O3. The molecule has 5 nitrogen and oxygen atoms in total. The number of ketones is 1. The Balaban J connectivity index is 0. The normalized spacial score (nSPS) is 11.6. The van der Waals surface area contributed by atoms with Crippen LogP contribution in [0.25, 0.3) is 0 Å². The van der Waals surface area contributed by atoms with Crippen LogP contribution >= 0.6 is 0 Å². The van der Waals surface area contributed by atoms with Gasteiger partial charge >= 0.3 is 5.97 Å². The van der Waals surface area contributed by atoms with Gasteiger partial charge in [0.15, 0.2) is 0 Å². The topological polar surface area (TPSA) is 49.9 Å². The van der Waals surface area contributed by atoms with Crippen LogP contribution in [0.1, 0.15) is 299 Å². The molecule has 0 radical (unpaired) electrons. The molecule has 0 aromatic rings. The summed E-state index contributed by atoms with van der Waals surface area (Å²) in [5.74, 6) is 1.54. The summed E-state index contributed by atoms with van der Waals surface area (Å²) in [6.07, 6.45) is 54.6. The van der Waals surface area contributed by atoms with E-state index < -0.39 is 0 Å². The highest BCUT2D eigenvalue weighted by atomic mass is 16.5. The van der Waals surface area contributed by atoms with Gasteiger partial charge in [-0.05, 0) is 96.2 Å². The molecule has 0 spiro atoms. The third-order valence-corrected chi connectivity index (χ3v) is 13.5. The highest BCUT2D eigenvalue weighted by Gasteiger charge is 2.19. The van der Waals surface area contributed by atoms with Crippen molar-refractivity contribution >= 4 is 11.8 Å². The fraction of sp³-hybridized carbons (Fsp3) is 0.900. The predicted molar refractivity (Wildman–Crippen MR) is 290 cm³/mol. The summed E-state index contributed by atoms with van der Waals surface area (Å²) in [4.78, 5) is 29.6. The number of allylic oxidation sites excluding steroid dienone is 1. The van der Waals surface area contributed by atoms with Crippen LogP contribution in [-0.2, 0) is 14.3 Å². The molecule has 0 unspecified atom stereocenters. The molecular weight excluding hydrogens is 797 g/mol. The standard InChI is InChI=1S/C41H80N2O2.C19H38O/c1-7-11-14-17-19-24-30-40(31-25-20-18-15-12-8-2)41(44)45-38-28-23-22-27-34-43(33-26-21-16-13-9-3)36-29-35-42(10-4)37-32-39(5)6;1-4-6-8-10-12-14-16-19(18(3)20)17-15-13-11-9-7-5-2/h10,32,37,39-40H,4,7-9,11-31,33-36,38H2,1-3,5-6H3;19H,4-17H2,1-3H3/b37-32-;. The van der Waals surface area contributed by atoms with Crippen LogP contribution in [0.3, 0.4) is 0 Å². The Kier molecular flexibility index (Phi) is 53.7. The number of Topliss-reactive ketones (excluding diaryl/α,β-unsaturated/α-hetero) is 1. The quantitative estimate of drug-likeness (QED) is 0.0449. The number of nitrogens with zero attached hydrogens (tertiary/aromatic N) is 2. The van der Waals surface area contributed by atoms with Gasteiger partial charge in [0.05, 0.1) is 12.5 Å². The second kappa shape index (κ2) is 53.3. The first kappa shape index (κ1) is 65.5. The maximum Gasteiger partial charge on any atom is 0.308 e. The molecule has 0 aliphatic carbocycles. The first-order valence-corrected chi connectivity index (χ1v) is 29.2. The smallest absolute Gasteiger partial charge is 0.308 e. The molecule has 0 amide bonds. The van der Waals surface area contributed by atoms with Crippen molar-refractivity contribution < 1.29 is 14.3 Å². The Morgan fingerprint density at radius 3 is 1.15 bits per heavy atom. The van der Waals surface area contributed by atoms with E-state index in [1.54, 1.807) is 6.92 Å². The Bertz CT molecular complexity index is 978. The minimum Gasteiger partial charge on any atom is -0.465 e. The van der Waals surface area contributed by atoms with Gasteiger partial charge in [0.25, 0.3) is 0 Å². The fourth-order valence-electron chi connectivity index (χ4n) is 8.96. The monoisotopic (exact) mass is 915 g/mol. The molecule has 0 aromatic carbocycles. The van der Waals surface area contributed by atoms with Crippen LogP contribution < -0.4 is 0 Å². The summed E-state index contributed by atoms with van der Waals surface area (Å²) in [6.45, 7) is 26.8. The van der Waals surface area contributed by atoms with Crippen molar-refractivity contribution in [1.82, 2.24) is 9.80 Å². The van der Waals surface area contributed by atoms with Gasteiger partial charge in [-0.15, -0.1) is 0 Å². The lowest BCUT2D eigenvalue weighted by molar-refractivity contribution is -0.149. The molecule has 0 saturated carbocycles. The van der Waals surface area contributed by atoms with E-state index in [2.05, 4.69) is 77.1 Å².